The number of nitrogens with two attached hydrogens (primary N) is 2. The third kappa shape index (κ3) is 7.80. The van der Waals surface area contributed by atoms with Crippen LogP contribution in [0.2, 0.25) is 0 Å². The van der Waals surface area contributed by atoms with Crippen LogP contribution in [0.4, 0.5) is 26.2 Å². The van der Waals surface area contributed by atoms with E-state index in [-0.39, 0.29) is 48.2 Å². The van der Waals surface area contributed by atoms with E-state index in [0.717, 1.165) is 16.5 Å². The third-order valence-electron chi connectivity index (χ3n) is 6.93. The summed E-state index contributed by atoms with van der Waals surface area (Å²) in [4.78, 5) is 26.9. The number of cyclic esters (lactones) is 1. The maximum absolute atomic E-state index is 14.4. The highest BCUT2D eigenvalue weighted by Crippen LogP contribution is 2.27. The number of aliphatic hydroxyl groups is 1. The van der Waals surface area contributed by atoms with Crippen molar-refractivity contribution in [1.29, 1.82) is 0 Å². The number of ether oxygens (including phenoxy) is 1. The number of carbonyl (C=O) groups is 2. The van der Waals surface area contributed by atoms with Gasteiger partial charge in [-0.15, -0.1) is 0 Å². The van der Waals surface area contributed by atoms with Crippen molar-refractivity contribution in [3.8, 4) is 0 Å². The van der Waals surface area contributed by atoms with Crippen LogP contribution < -0.4 is 21.7 Å². The number of hydrogen-bond donors (Lipinski definition) is 4. The molecule has 13 heteroatoms. The topological polar surface area (TPSA) is 168 Å². The van der Waals surface area contributed by atoms with Gasteiger partial charge in [0.1, 0.15) is 5.82 Å². The van der Waals surface area contributed by atoms with Crippen molar-refractivity contribution in [3.05, 3.63) is 84.2 Å². The molecule has 1 fully saturated rings. The van der Waals surface area contributed by atoms with Crippen molar-refractivity contribution >= 4 is 39.1 Å². The van der Waals surface area contributed by atoms with Gasteiger partial charge in [-0.05, 0) is 60.4 Å². The lowest BCUT2D eigenvalue weighted by Gasteiger charge is -2.31. The zero-order valence-corrected chi connectivity index (χ0v) is 24.7. The van der Waals surface area contributed by atoms with E-state index in [1.54, 1.807) is 12.1 Å². The van der Waals surface area contributed by atoms with Gasteiger partial charge in [-0.1, -0.05) is 44.2 Å². The molecule has 230 valence electrons. The number of halogens is 1. The van der Waals surface area contributed by atoms with Gasteiger partial charge in [0.2, 0.25) is 10.0 Å². The number of rotatable bonds is 12. The monoisotopic (exact) mass is 613 g/mol. The summed E-state index contributed by atoms with van der Waals surface area (Å²) in [6, 6.07) is 17.6. The van der Waals surface area contributed by atoms with E-state index in [2.05, 4.69) is 5.32 Å². The van der Waals surface area contributed by atoms with Gasteiger partial charge < -0.3 is 26.6 Å². The Balaban J connectivity index is 1.56. The maximum atomic E-state index is 14.4. The molecule has 1 aliphatic heterocycles. The van der Waals surface area contributed by atoms with Gasteiger partial charge in [0.15, 0.2) is 6.10 Å². The van der Waals surface area contributed by atoms with Crippen molar-refractivity contribution < 1.29 is 32.2 Å². The van der Waals surface area contributed by atoms with Crippen molar-refractivity contribution in [3.63, 3.8) is 0 Å². The van der Waals surface area contributed by atoms with E-state index in [4.69, 9.17) is 16.2 Å². The van der Waals surface area contributed by atoms with Crippen LogP contribution >= 0.6 is 0 Å². The first-order chi connectivity index (χ1) is 20.3. The SMILES string of the molecule is CC(C)CN(CC(O)[C@H](Cc1ccccc1)NC(=O)[C@@H]1CN(c2cc(N)ccc2F)C(=O)O1)S(=O)(=O)c1ccc(N)cc1. The average molecular weight is 614 g/mol. The fourth-order valence-corrected chi connectivity index (χ4v) is 6.38. The fourth-order valence-electron chi connectivity index (χ4n) is 4.76. The average Bonchev–Trinajstić information content (AvgIpc) is 3.35. The number of aliphatic hydroxyl groups excluding tert-OH is 1. The molecule has 0 aliphatic carbocycles. The zero-order chi connectivity index (χ0) is 31.3. The predicted octanol–water partition coefficient (Wildman–Crippen LogP) is 2.75. The Kier molecular flexibility index (Phi) is 9.89. The Bertz CT molecular complexity index is 1540. The number of carbonyl (C=O) groups excluding carboxylic acids is 2. The Hall–Kier alpha value is -4.20. The number of anilines is 3. The summed E-state index contributed by atoms with van der Waals surface area (Å²) in [5, 5.41) is 14.2. The molecule has 43 heavy (non-hydrogen) atoms. The highest BCUT2D eigenvalue weighted by molar-refractivity contribution is 7.89. The molecule has 2 amide bonds. The molecule has 0 radical (unpaired) electrons. The highest BCUT2D eigenvalue weighted by Gasteiger charge is 2.40. The molecule has 0 aromatic heterocycles. The summed E-state index contributed by atoms with van der Waals surface area (Å²) >= 11 is 0. The van der Waals surface area contributed by atoms with Gasteiger partial charge in [0.25, 0.3) is 5.91 Å². The van der Waals surface area contributed by atoms with Gasteiger partial charge >= 0.3 is 6.09 Å². The number of benzene rings is 3. The first-order valence-corrected chi connectivity index (χ1v) is 15.2. The molecule has 11 nitrogen and oxygen atoms in total. The number of hydrogen-bond acceptors (Lipinski definition) is 8. The molecule has 0 saturated carbocycles. The van der Waals surface area contributed by atoms with E-state index in [9.17, 15) is 27.5 Å². The second-order valence-corrected chi connectivity index (χ2v) is 12.8. The standard InChI is InChI=1S/C30H36FN5O6S/c1-19(2)16-35(43(40,41)23-11-8-21(32)9-12-23)17-27(37)25(14-20-6-4-3-5-7-20)34-29(38)28-18-36(30(39)42-28)26-15-22(33)10-13-24(26)31/h3-13,15,19,25,27-28,37H,14,16-18,32-33H2,1-2H3,(H,34,38)/t25-,27?,28-/m0/s1. The summed E-state index contributed by atoms with van der Waals surface area (Å²) in [6.45, 7) is 3.20. The predicted molar refractivity (Wildman–Crippen MR) is 161 cm³/mol. The van der Waals surface area contributed by atoms with Gasteiger partial charge in [-0.2, -0.15) is 4.31 Å². The van der Waals surface area contributed by atoms with Crippen molar-refractivity contribution in [2.45, 2.75) is 43.4 Å². The summed E-state index contributed by atoms with van der Waals surface area (Å²) in [6.07, 6.45) is -3.45. The molecule has 3 aromatic carbocycles. The van der Waals surface area contributed by atoms with Gasteiger partial charge in [-0.25, -0.2) is 17.6 Å². The summed E-state index contributed by atoms with van der Waals surface area (Å²) in [5.41, 5.74) is 12.8. The van der Waals surface area contributed by atoms with E-state index in [0.29, 0.717) is 5.69 Å². The van der Waals surface area contributed by atoms with Gasteiger partial charge in [-0.3, -0.25) is 9.69 Å². The minimum absolute atomic E-state index is 0.0185. The lowest BCUT2D eigenvalue weighted by atomic mass is 10.0. The molecule has 1 heterocycles. The third-order valence-corrected chi connectivity index (χ3v) is 8.78. The summed E-state index contributed by atoms with van der Waals surface area (Å²) in [5.74, 6) is -1.51. The molecule has 0 bridgehead atoms. The minimum Gasteiger partial charge on any atom is -0.434 e. The van der Waals surface area contributed by atoms with E-state index in [1.165, 1.54) is 40.7 Å². The summed E-state index contributed by atoms with van der Waals surface area (Å²) < 4.78 is 48.0. The maximum Gasteiger partial charge on any atom is 0.415 e. The molecule has 1 unspecified atom stereocenters. The second-order valence-electron chi connectivity index (χ2n) is 10.9. The second kappa shape index (κ2) is 13.4. The van der Waals surface area contributed by atoms with Gasteiger partial charge in [0.05, 0.1) is 29.3 Å². The van der Waals surface area contributed by atoms with Crippen LogP contribution in [0.15, 0.2) is 77.7 Å². The minimum atomic E-state index is -4.03. The zero-order valence-electron chi connectivity index (χ0n) is 23.9. The largest absolute Gasteiger partial charge is 0.434 e. The summed E-state index contributed by atoms with van der Waals surface area (Å²) in [7, 11) is -4.03. The number of amides is 2. The Morgan fingerprint density at radius 3 is 2.37 bits per heavy atom. The van der Waals surface area contributed by atoms with Crippen molar-refractivity contribution in [2.24, 2.45) is 5.92 Å². The van der Waals surface area contributed by atoms with E-state index < -0.39 is 46.1 Å². The van der Waals surface area contributed by atoms with Crippen LogP contribution in [0.5, 0.6) is 0 Å². The Morgan fingerprint density at radius 1 is 1.07 bits per heavy atom. The van der Waals surface area contributed by atoms with Crippen LogP contribution in [0.25, 0.3) is 0 Å². The van der Waals surface area contributed by atoms with Crippen LogP contribution in [0, 0.1) is 11.7 Å². The van der Waals surface area contributed by atoms with Crippen LogP contribution in [-0.2, 0) is 26.0 Å². The Labute approximate surface area is 250 Å². The van der Waals surface area contributed by atoms with Crippen LogP contribution in [0.1, 0.15) is 19.4 Å². The molecular formula is C30H36FN5O6S. The lowest BCUT2D eigenvalue weighted by molar-refractivity contribution is -0.129. The molecule has 3 atom stereocenters. The lowest BCUT2D eigenvalue weighted by Crippen LogP contribution is -2.53. The number of sulfonamides is 1. The normalized spacial score (nSPS) is 16.7. The van der Waals surface area contributed by atoms with Crippen molar-refractivity contribution in [1.82, 2.24) is 9.62 Å². The highest BCUT2D eigenvalue weighted by atomic mass is 32.2. The smallest absolute Gasteiger partial charge is 0.415 e. The van der Waals surface area contributed by atoms with E-state index >= 15 is 0 Å². The number of nitrogen functional groups attached to an aromatic ring is 2. The van der Waals surface area contributed by atoms with Crippen LogP contribution in [-0.4, -0.2) is 67.7 Å². The van der Waals surface area contributed by atoms with E-state index in [1.807, 2.05) is 32.0 Å². The molecule has 1 aliphatic rings. The fraction of sp³-hybridized carbons (Fsp3) is 0.333. The first kappa shape index (κ1) is 31.7. The number of nitrogens with one attached hydrogen (secondary N) is 1. The quantitative estimate of drug-likeness (QED) is 0.226. The molecule has 1 saturated heterocycles. The molecule has 6 N–H and O–H groups in total. The number of nitrogens with zero attached hydrogens (tertiary/aromatic N) is 2. The van der Waals surface area contributed by atoms with Crippen LogP contribution in [0.3, 0.4) is 0 Å². The Morgan fingerprint density at radius 2 is 1.72 bits per heavy atom. The van der Waals surface area contributed by atoms with Crippen molar-refractivity contribution in [2.75, 3.05) is 36.0 Å². The molecule has 0 spiro atoms. The molecule has 3 aromatic rings. The molecular weight excluding hydrogens is 577 g/mol. The first-order valence-electron chi connectivity index (χ1n) is 13.8. The molecule has 4 rings (SSSR count). The van der Waals surface area contributed by atoms with Gasteiger partial charge in [0, 0.05) is 24.5 Å².